The Morgan fingerprint density at radius 2 is 1.51 bits per heavy atom. The van der Waals surface area contributed by atoms with E-state index in [-0.39, 0.29) is 21.8 Å². The number of nitrogens with zero attached hydrogens (tertiary/aromatic N) is 2. The minimum absolute atomic E-state index is 0.0435. The van der Waals surface area contributed by atoms with Gasteiger partial charge in [0.25, 0.3) is 0 Å². The molecule has 0 aliphatic carbocycles. The fourth-order valence-electron chi connectivity index (χ4n) is 2.71. The van der Waals surface area contributed by atoms with Gasteiger partial charge in [-0.2, -0.15) is 0 Å². The second-order valence-corrected chi connectivity index (χ2v) is 8.94. The first-order valence-electron chi connectivity index (χ1n) is 9.99. The highest BCUT2D eigenvalue weighted by Crippen LogP contribution is 2.19. The first-order chi connectivity index (χ1) is 17.4. The van der Waals surface area contributed by atoms with E-state index < -0.39 is 63.8 Å². The molecule has 0 bridgehead atoms. The zero-order valence-electron chi connectivity index (χ0n) is 19.0. The van der Waals surface area contributed by atoms with Gasteiger partial charge in [-0.05, 0) is 36.4 Å². The number of carbonyl (C=O) groups is 3. The lowest BCUT2D eigenvalue weighted by Crippen LogP contribution is -2.36. The Bertz CT molecular complexity index is 1180. The molecule has 0 saturated heterocycles. The standard InChI is InChI=1S/C20H22N2O14S/c1-13(23)35-18-5-3-2-4-17(18)20(25)33-12-32-19(24)14-6-8-16(9-7-14)37(30,31)11-15(36-22(28)29)10-34-21(26)27/h2-9,15,26-29H,10-12H2,1H3. The van der Waals surface area contributed by atoms with Crippen molar-refractivity contribution < 1.29 is 67.5 Å². The summed E-state index contributed by atoms with van der Waals surface area (Å²) in [4.78, 5) is 43.9. The van der Waals surface area contributed by atoms with Gasteiger partial charge >= 0.3 is 17.9 Å². The second-order valence-electron chi connectivity index (χ2n) is 6.91. The lowest BCUT2D eigenvalue weighted by Gasteiger charge is -2.19. The molecule has 1 atom stereocenters. The van der Waals surface area contributed by atoms with E-state index in [4.69, 9.17) is 35.0 Å². The van der Waals surface area contributed by atoms with E-state index in [1.165, 1.54) is 24.3 Å². The number of ether oxygens (including phenoxy) is 3. The molecule has 1 unspecified atom stereocenters. The number of hydrogen-bond donors (Lipinski definition) is 4. The summed E-state index contributed by atoms with van der Waals surface area (Å²) in [6.07, 6.45) is -1.59. The lowest BCUT2D eigenvalue weighted by atomic mass is 10.2. The minimum Gasteiger partial charge on any atom is -0.426 e. The Labute approximate surface area is 209 Å². The normalized spacial score (nSPS) is 12.3. The summed E-state index contributed by atoms with van der Waals surface area (Å²) < 4.78 is 39.7. The van der Waals surface area contributed by atoms with Crippen molar-refractivity contribution in [2.45, 2.75) is 17.9 Å². The molecule has 0 saturated carbocycles. The van der Waals surface area contributed by atoms with Crippen molar-refractivity contribution in [2.24, 2.45) is 0 Å². The van der Waals surface area contributed by atoms with Gasteiger partial charge in [-0.3, -0.25) is 25.6 Å². The van der Waals surface area contributed by atoms with Crippen LogP contribution in [0.5, 0.6) is 5.75 Å². The quantitative estimate of drug-likeness (QED) is 0.118. The van der Waals surface area contributed by atoms with Crippen LogP contribution in [0.2, 0.25) is 0 Å². The number of benzene rings is 2. The van der Waals surface area contributed by atoms with E-state index in [0.717, 1.165) is 31.2 Å². The average Bonchev–Trinajstić information content (AvgIpc) is 2.82. The highest BCUT2D eigenvalue weighted by atomic mass is 32.2. The molecule has 37 heavy (non-hydrogen) atoms. The smallest absolute Gasteiger partial charge is 0.344 e. The highest BCUT2D eigenvalue weighted by Gasteiger charge is 2.26. The molecular formula is C20H22N2O14S. The van der Waals surface area contributed by atoms with Crippen LogP contribution in [0.15, 0.2) is 53.4 Å². The molecule has 0 aromatic heterocycles. The molecule has 16 nitrogen and oxygen atoms in total. The molecule has 0 aliphatic rings. The van der Waals surface area contributed by atoms with Gasteiger partial charge < -0.3 is 14.2 Å². The molecule has 17 heteroatoms. The zero-order valence-corrected chi connectivity index (χ0v) is 19.8. The third-order valence-corrected chi connectivity index (χ3v) is 6.02. The molecule has 0 heterocycles. The Morgan fingerprint density at radius 3 is 2.11 bits per heavy atom. The predicted octanol–water partition coefficient (Wildman–Crippen LogP) is 0.750. The molecule has 0 spiro atoms. The fraction of sp³-hybridized carbons (Fsp3) is 0.250. The van der Waals surface area contributed by atoms with Gasteiger partial charge in [0, 0.05) is 6.92 Å². The van der Waals surface area contributed by atoms with Gasteiger partial charge in [-0.15, -0.1) is 0 Å². The largest absolute Gasteiger partial charge is 0.426 e. The summed E-state index contributed by atoms with van der Waals surface area (Å²) in [6, 6.07) is 10.1. The summed E-state index contributed by atoms with van der Waals surface area (Å²) in [5.74, 6) is -3.48. The summed E-state index contributed by atoms with van der Waals surface area (Å²) in [6.45, 7) is -0.450. The first-order valence-corrected chi connectivity index (χ1v) is 11.6. The van der Waals surface area contributed by atoms with Crippen molar-refractivity contribution in [3.63, 3.8) is 0 Å². The van der Waals surface area contributed by atoms with Crippen LogP contribution in [-0.2, 0) is 33.8 Å². The summed E-state index contributed by atoms with van der Waals surface area (Å²) in [5.41, 5.74) is -0.174. The molecule has 2 aromatic carbocycles. The van der Waals surface area contributed by atoms with Crippen molar-refractivity contribution in [1.82, 2.24) is 10.8 Å². The number of sulfone groups is 1. The number of hydrogen-bond acceptors (Lipinski definition) is 16. The lowest BCUT2D eigenvalue weighted by molar-refractivity contribution is -0.525. The first kappa shape index (κ1) is 29.7. The van der Waals surface area contributed by atoms with E-state index >= 15 is 0 Å². The maximum atomic E-state index is 12.6. The number of rotatable bonds is 13. The Hall–Kier alpha value is -3.52. The monoisotopic (exact) mass is 546 g/mol. The third kappa shape index (κ3) is 9.80. The molecule has 0 amide bonds. The van der Waals surface area contributed by atoms with Crippen molar-refractivity contribution in [2.75, 3.05) is 19.2 Å². The molecule has 2 rings (SSSR count). The van der Waals surface area contributed by atoms with Gasteiger partial charge in [-0.25, -0.2) is 27.7 Å². The van der Waals surface area contributed by atoms with E-state index in [0.29, 0.717) is 0 Å². The van der Waals surface area contributed by atoms with Gasteiger partial charge in [0.1, 0.15) is 24.0 Å². The van der Waals surface area contributed by atoms with Crippen LogP contribution in [0, 0.1) is 0 Å². The Balaban J connectivity index is 1.97. The minimum atomic E-state index is -4.16. The van der Waals surface area contributed by atoms with Crippen molar-refractivity contribution >= 4 is 27.7 Å². The molecule has 202 valence electrons. The molecule has 2 aromatic rings. The highest BCUT2D eigenvalue weighted by molar-refractivity contribution is 7.91. The zero-order chi connectivity index (χ0) is 27.6. The average molecular weight is 546 g/mol. The predicted molar refractivity (Wildman–Crippen MR) is 114 cm³/mol. The maximum Gasteiger partial charge on any atom is 0.344 e. The molecule has 0 fully saturated rings. The van der Waals surface area contributed by atoms with Gasteiger partial charge in [-0.1, -0.05) is 12.1 Å². The number of para-hydroxylation sites is 1. The van der Waals surface area contributed by atoms with E-state index in [9.17, 15) is 22.8 Å². The van der Waals surface area contributed by atoms with Gasteiger partial charge in [0.2, 0.25) is 6.79 Å². The molecular weight excluding hydrogens is 524 g/mol. The summed E-state index contributed by atoms with van der Waals surface area (Å²) in [7, 11) is -4.16. The van der Waals surface area contributed by atoms with Crippen molar-refractivity contribution in [3.05, 3.63) is 59.7 Å². The SMILES string of the molecule is CC(=O)Oc1ccccc1C(=O)OCOC(=O)c1ccc(S(=O)(=O)CC(CON(O)O)ON(O)O)cc1. The van der Waals surface area contributed by atoms with E-state index in [1.54, 1.807) is 0 Å². The van der Waals surface area contributed by atoms with Gasteiger partial charge in [0.05, 0.1) is 27.0 Å². The fourth-order valence-corrected chi connectivity index (χ4v) is 4.10. The molecule has 0 aliphatic heterocycles. The van der Waals surface area contributed by atoms with Crippen LogP contribution in [-0.4, -0.2) is 83.2 Å². The van der Waals surface area contributed by atoms with E-state index in [1.807, 2.05) is 0 Å². The molecule has 0 radical (unpaired) electrons. The third-order valence-electron chi connectivity index (χ3n) is 4.21. The van der Waals surface area contributed by atoms with E-state index in [2.05, 4.69) is 9.68 Å². The summed E-state index contributed by atoms with van der Waals surface area (Å²) in [5, 5.41) is 33.1. The van der Waals surface area contributed by atoms with Crippen LogP contribution in [0.25, 0.3) is 0 Å². The summed E-state index contributed by atoms with van der Waals surface area (Å²) >= 11 is 0. The molecule has 4 N–H and O–H groups in total. The van der Waals surface area contributed by atoms with Crippen LogP contribution < -0.4 is 4.74 Å². The van der Waals surface area contributed by atoms with Crippen LogP contribution in [0.4, 0.5) is 0 Å². The maximum absolute atomic E-state index is 12.6. The van der Waals surface area contributed by atoms with Crippen LogP contribution in [0.1, 0.15) is 27.6 Å². The van der Waals surface area contributed by atoms with Crippen LogP contribution in [0.3, 0.4) is 0 Å². The van der Waals surface area contributed by atoms with Crippen LogP contribution >= 0.6 is 0 Å². The van der Waals surface area contributed by atoms with Gasteiger partial charge in [0.15, 0.2) is 9.84 Å². The number of carbonyl (C=O) groups excluding carboxylic acids is 3. The van der Waals surface area contributed by atoms with Crippen molar-refractivity contribution in [3.8, 4) is 5.75 Å². The second kappa shape index (κ2) is 13.7. The Morgan fingerprint density at radius 1 is 0.892 bits per heavy atom. The topological polar surface area (TPSA) is 219 Å². The van der Waals surface area contributed by atoms with Crippen molar-refractivity contribution in [1.29, 1.82) is 0 Å². The Kier molecular flexibility index (Phi) is 11.0. The number of esters is 3.